The van der Waals surface area contributed by atoms with E-state index in [2.05, 4.69) is 31.2 Å². The van der Waals surface area contributed by atoms with Crippen LogP contribution < -0.4 is 5.32 Å². The van der Waals surface area contributed by atoms with Gasteiger partial charge in [-0.25, -0.2) is 0 Å². The average Bonchev–Trinajstić information content (AvgIpc) is 2.50. The summed E-state index contributed by atoms with van der Waals surface area (Å²) < 4.78 is 0. The van der Waals surface area contributed by atoms with Gasteiger partial charge in [-0.05, 0) is 64.8 Å². The van der Waals surface area contributed by atoms with E-state index in [1.54, 1.807) is 0 Å². The molecule has 14 heavy (non-hydrogen) atoms. The summed E-state index contributed by atoms with van der Waals surface area (Å²) in [6.45, 7) is 6.01. The van der Waals surface area contributed by atoms with Gasteiger partial charge in [-0.15, -0.1) is 0 Å². The lowest BCUT2D eigenvalue weighted by Gasteiger charge is -2.12. The smallest absolute Gasteiger partial charge is 0.00127 e. The first kappa shape index (κ1) is 12.0. The molecular formula is C12H26N2. The lowest BCUT2D eigenvalue weighted by atomic mass is 10.1. The maximum Gasteiger partial charge on any atom is -0.00127 e. The molecule has 2 atom stereocenters. The lowest BCUT2D eigenvalue weighted by Crippen LogP contribution is -2.25. The van der Waals surface area contributed by atoms with E-state index in [0.717, 1.165) is 11.8 Å². The fourth-order valence-corrected chi connectivity index (χ4v) is 2.34. The number of hydrogen-bond donors (Lipinski definition) is 1. The molecule has 0 aromatic heterocycles. The SMILES string of the molecule is CC1CCC(CNCCCN(C)C)C1. The molecule has 2 heteroatoms. The molecule has 0 spiro atoms. The predicted molar refractivity (Wildman–Crippen MR) is 62.5 cm³/mol. The normalized spacial score (nSPS) is 27.4. The average molecular weight is 198 g/mol. The van der Waals surface area contributed by atoms with Gasteiger partial charge in [-0.2, -0.15) is 0 Å². The first-order valence-electron chi connectivity index (χ1n) is 6.04. The Hall–Kier alpha value is -0.0800. The van der Waals surface area contributed by atoms with Gasteiger partial charge in [-0.3, -0.25) is 0 Å². The molecule has 84 valence electrons. The van der Waals surface area contributed by atoms with Crippen molar-refractivity contribution in [3.8, 4) is 0 Å². The summed E-state index contributed by atoms with van der Waals surface area (Å²) >= 11 is 0. The van der Waals surface area contributed by atoms with E-state index in [9.17, 15) is 0 Å². The Balaban J connectivity index is 1.89. The van der Waals surface area contributed by atoms with Crippen LogP contribution in [0, 0.1) is 11.8 Å². The molecule has 1 N–H and O–H groups in total. The molecule has 0 bridgehead atoms. The Bertz CT molecular complexity index is 145. The van der Waals surface area contributed by atoms with Crippen molar-refractivity contribution in [2.75, 3.05) is 33.7 Å². The van der Waals surface area contributed by atoms with Gasteiger partial charge < -0.3 is 10.2 Å². The first-order valence-corrected chi connectivity index (χ1v) is 6.04. The number of rotatable bonds is 6. The molecule has 0 heterocycles. The van der Waals surface area contributed by atoms with Gasteiger partial charge in [0.15, 0.2) is 0 Å². The van der Waals surface area contributed by atoms with Crippen molar-refractivity contribution in [2.24, 2.45) is 11.8 Å². The van der Waals surface area contributed by atoms with Gasteiger partial charge in [0.1, 0.15) is 0 Å². The van der Waals surface area contributed by atoms with Crippen LogP contribution in [-0.4, -0.2) is 38.6 Å². The van der Waals surface area contributed by atoms with Crippen LogP contribution in [0.5, 0.6) is 0 Å². The van der Waals surface area contributed by atoms with E-state index in [4.69, 9.17) is 0 Å². The summed E-state index contributed by atoms with van der Waals surface area (Å²) in [6.07, 6.45) is 5.61. The van der Waals surface area contributed by atoms with Crippen LogP contribution in [0.2, 0.25) is 0 Å². The Morgan fingerprint density at radius 2 is 2.07 bits per heavy atom. The van der Waals surface area contributed by atoms with Gasteiger partial charge in [-0.1, -0.05) is 13.3 Å². The minimum Gasteiger partial charge on any atom is -0.316 e. The van der Waals surface area contributed by atoms with E-state index in [0.29, 0.717) is 0 Å². The van der Waals surface area contributed by atoms with E-state index in [-0.39, 0.29) is 0 Å². The summed E-state index contributed by atoms with van der Waals surface area (Å²) in [5, 5.41) is 3.58. The van der Waals surface area contributed by atoms with Crippen LogP contribution in [0.1, 0.15) is 32.6 Å². The summed E-state index contributed by atoms with van der Waals surface area (Å²) in [4.78, 5) is 2.25. The quantitative estimate of drug-likeness (QED) is 0.656. The minimum atomic E-state index is 0.962. The van der Waals surface area contributed by atoms with E-state index in [1.807, 2.05) is 0 Å². The van der Waals surface area contributed by atoms with Crippen molar-refractivity contribution in [3.63, 3.8) is 0 Å². The minimum absolute atomic E-state index is 0.962. The Kier molecular flexibility index (Phi) is 5.49. The number of nitrogens with zero attached hydrogens (tertiary/aromatic N) is 1. The van der Waals surface area contributed by atoms with Crippen molar-refractivity contribution < 1.29 is 0 Å². The topological polar surface area (TPSA) is 15.3 Å². The molecule has 0 aromatic rings. The highest BCUT2D eigenvalue weighted by molar-refractivity contribution is 4.74. The number of nitrogens with one attached hydrogen (secondary N) is 1. The first-order chi connectivity index (χ1) is 6.68. The molecule has 0 radical (unpaired) electrons. The summed E-state index contributed by atoms with van der Waals surface area (Å²) in [5.74, 6) is 1.94. The highest BCUT2D eigenvalue weighted by Crippen LogP contribution is 2.29. The van der Waals surface area contributed by atoms with Crippen LogP contribution >= 0.6 is 0 Å². The Labute approximate surface area is 89.1 Å². The third-order valence-corrected chi connectivity index (χ3v) is 3.20. The molecule has 1 saturated carbocycles. The highest BCUT2D eigenvalue weighted by Gasteiger charge is 2.20. The summed E-state index contributed by atoms with van der Waals surface area (Å²) in [6, 6.07) is 0. The molecular weight excluding hydrogens is 172 g/mol. The second kappa shape index (κ2) is 6.41. The molecule has 2 unspecified atom stereocenters. The van der Waals surface area contributed by atoms with Crippen molar-refractivity contribution >= 4 is 0 Å². The zero-order valence-electron chi connectivity index (χ0n) is 10.1. The largest absolute Gasteiger partial charge is 0.316 e. The monoisotopic (exact) mass is 198 g/mol. The van der Waals surface area contributed by atoms with Gasteiger partial charge in [0, 0.05) is 0 Å². The predicted octanol–water partition coefficient (Wildman–Crippen LogP) is 1.96. The fraction of sp³-hybridized carbons (Fsp3) is 1.00. The van der Waals surface area contributed by atoms with Crippen LogP contribution in [-0.2, 0) is 0 Å². The van der Waals surface area contributed by atoms with Gasteiger partial charge in [0.05, 0.1) is 0 Å². The summed E-state index contributed by atoms with van der Waals surface area (Å²) in [7, 11) is 4.28. The maximum atomic E-state index is 3.58. The van der Waals surface area contributed by atoms with Crippen molar-refractivity contribution in [1.29, 1.82) is 0 Å². The molecule has 1 rings (SSSR count). The van der Waals surface area contributed by atoms with Crippen molar-refractivity contribution in [1.82, 2.24) is 10.2 Å². The molecule has 0 aliphatic heterocycles. The number of hydrogen-bond acceptors (Lipinski definition) is 2. The zero-order valence-corrected chi connectivity index (χ0v) is 10.1. The highest BCUT2D eigenvalue weighted by atomic mass is 15.1. The van der Waals surface area contributed by atoms with E-state index in [1.165, 1.54) is 45.3 Å². The van der Waals surface area contributed by atoms with Crippen molar-refractivity contribution in [3.05, 3.63) is 0 Å². The molecule has 2 nitrogen and oxygen atoms in total. The van der Waals surface area contributed by atoms with E-state index >= 15 is 0 Å². The van der Waals surface area contributed by atoms with Crippen LogP contribution in [0.25, 0.3) is 0 Å². The van der Waals surface area contributed by atoms with Gasteiger partial charge in [0.2, 0.25) is 0 Å². The molecule has 1 aliphatic carbocycles. The molecule has 0 aromatic carbocycles. The van der Waals surface area contributed by atoms with Crippen molar-refractivity contribution in [2.45, 2.75) is 32.6 Å². The Morgan fingerprint density at radius 1 is 1.29 bits per heavy atom. The maximum absolute atomic E-state index is 3.58. The third kappa shape index (κ3) is 4.97. The standard InChI is InChI=1S/C12H26N2/c1-11-5-6-12(9-11)10-13-7-4-8-14(2)3/h11-13H,4-10H2,1-3H3. The van der Waals surface area contributed by atoms with Gasteiger partial charge >= 0.3 is 0 Å². The van der Waals surface area contributed by atoms with Crippen LogP contribution in [0.15, 0.2) is 0 Å². The zero-order chi connectivity index (χ0) is 10.4. The van der Waals surface area contributed by atoms with Gasteiger partial charge in [0.25, 0.3) is 0 Å². The fourth-order valence-electron chi connectivity index (χ4n) is 2.34. The molecule has 0 amide bonds. The lowest BCUT2D eigenvalue weighted by molar-refractivity contribution is 0.387. The van der Waals surface area contributed by atoms with Crippen LogP contribution in [0.3, 0.4) is 0 Å². The Morgan fingerprint density at radius 3 is 2.64 bits per heavy atom. The second-order valence-electron chi connectivity index (χ2n) is 5.15. The molecule has 1 fully saturated rings. The third-order valence-electron chi connectivity index (χ3n) is 3.20. The molecule has 1 aliphatic rings. The second-order valence-corrected chi connectivity index (χ2v) is 5.15. The summed E-state index contributed by atoms with van der Waals surface area (Å²) in [5.41, 5.74) is 0. The van der Waals surface area contributed by atoms with E-state index < -0.39 is 0 Å². The van der Waals surface area contributed by atoms with Crippen LogP contribution in [0.4, 0.5) is 0 Å². The molecule has 0 saturated heterocycles.